The Bertz CT molecular complexity index is 272. The fourth-order valence-electron chi connectivity index (χ4n) is 2.20. The molecule has 0 radical (unpaired) electrons. The number of aliphatic imine (C=N–C) groups is 1. The van der Waals surface area contributed by atoms with Crippen LogP contribution in [0.1, 0.15) is 32.6 Å². The number of rotatable bonds is 8. The van der Waals surface area contributed by atoms with E-state index in [2.05, 4.69) is 22.5 Å². The smallest absolute Gasteiger partial charge is 0.191 e. The van der Waals surface area contributed by atoms with Crippen molar-refractivity contribution in [2.24, 2.45) is 4.99 Å². The number of ether oxygens (including phenoxy) is 2. The number of halogens is 1. The van der Waals surface area contributed by atoms with Gasteiger partial charge in [-0.3, -0.25) is 4.99 Å². The van der Waals surface area contributed by atoms with E-state index in [1.165, 1.54) is 0 Å². The number of methoxy groups -OCH3 is 1. The van der Waals surface area contributed by atoms with E-state index in [1.807, 2.05) is 0 Å². The number of hydrogen-bond acceptors (Lipinski definition) is 4. The van der Waals surface area contributed by atoms with Crippen LogP contribution >= 0.6 is 24.0 Å². The van der Waals surface area contributed by atoms with E-state index >= 15 is 0 Å². The van der Waals surface area contributed by atoms with Gasteiger partial charge < -0.3 is 25.2 Å². The van der Waals surface area contributed by atoms with Crippen LogP contribution in [0.3, 0.4) is 0 Å². The van der Waals surface area contributed by atoms with Gasteiger partial charge in [-0.15, -0.1) is 24.0 Å². The van der Waals surface area contributed by atoms with Crippen LogP contribution in [0.5, 0.6) is 0 Å². The number of guanidine groups is 1. The highest BCUT2D eigenvalue weighted by atomic mass is 127. The summed E-state index contributed by atoms with van der Waals surface area (Å²) in [5.41, 5.74) is 0. The molecule has 0 bridgehead atoms. The molecule has 0 atom stereocenters. The van der Waals surface area contributed by atoms with E-state index in [4.69, 9.17) is 9.47 Å². The van der Waals surface area contributed by atoms with Crippen molar-refractivity contribution in [3.63, 3.8) is 0 Å². The molecule has 0 saturated heterocycles. The van der Waals surface area contributed by atoms with Gasteiger partial charge in [-0.05, 0) is 32.6 Å². The zero-order chi connectivity index (χ0) is 14.6. The summed E-state index contributed by atoms with van der Waals surface area (Å²) < 4.78 is 10.3. The van der Waals surface area contributed by atoms with Crippen LogP contribution in [0.2, 0.25) is 0 Å². The molecule has 0 aliphatic heterocycles. The van der Waals surface area contributed by atoms with Crippen molar-refractivity contribution in [2.75, 3.05) is 40.0 Å². The molecule has 0 aromatic carbocycles. The molecular formula is C14H30IN3O3. The third kappa shape index (κ3) is 10.3. The van der Waals surface area contributed by atoms with E-state index < -0.39 is 0 Å². The molecule has 3 N–H and O–H groups in total. The zero-order valence-electron chi connectivity index (χ0n) is 13.1. The van der Waals surface area contributed by atoms with E-state index in [9.17, 15) is 5.11 Å². The summed E-state index contributed by atoms with van der Waals surface area (Å²) >= 11 is 0. The van der Waals surface area contributed by atoms with Crippen LogP contribution in [0.4, 0.5) is 0 Å². The lowest BCUT2D eigenvalue weighted by atomic mass is 9.93. The molecule has 7 heteroatoms. The third-order valence-electron chi connectivity index (χ3n) is 3.32. The van der Waals surface area contributed by atoms with Gasteiger partial charge in [-0.2, -0.15) is 0 Å². The van der Waals surface area contributed by atoms with Crippen LogP contribution in [0.25, 0.3) is 0 Å². The molecule has 0 spiro atoms. The minimum atomic E-state index is -0.123. The monoisotopic (exact) mass is 415 g/mol. The fraction of sp³-hybridized carbons (Fsp3) is 0.929. The van der Waals surface area contributed by atoms with Gasteiger partial charge in [0.05, 0.1) is 32.5 Å². The van der Waals surface area contributed by atoms with Crippen LogP contribution in [0, 0.1) is 0 Å². The summed E-state index contributed by atoms with van der Waals surface area (Å²) in [6, 6.07) is 0.408. The Morgan fingerprint density at radius 3 is 2.52 bits per heavy atom. The maximum absolute atomic E-state index is 9.51. The van der Waals surface area contributed by atoms with Crippen LogP contribution in [-0.4, -0.2) is 63.2 Å². The van der Waals surface area contributed by atoms with Crippen LogP contribution < -0.4 is 10.6 Å². The van der Waals surface area contributed by atoms with Crippen molar-refractivity contribution in [2.45, 2.75) is 44.8 Å². The van der Waals surface area contributed by atoms with Crippen LogP contribution in [-0.2, 0) is 9.47 Å². The first-order valence-electron chi connectivity index (χ1n) is 7.55. The van der Waals surface area contributed by atoms with Gasteiger partial charge in [-0.1, -0.05) is 0 Å². The largest absolute Gasteiger partial charge is 0.393 e. The molecule has 1 aliphatic rings. The molecule has 126 valence electrons. The first-order valence-corrected chi connectivity index (χ1v) is 7.55. The Kier molecular flexibility index (Phi) is 13.5. The minimum absolute atomic E-state index is 0. The zero-order valence-corrected chi connectivity index (χ0v) is 15.5. The molecule has 0 unspecified atom stereocenters. The highest BCUT2D eigenvalue weighted by Crippen LogP contribution is 2.18. The van der Waals surface area contributed by atoms with Crippen molar-refractivity contribution < 1.29 is 14.6 Å². The number of hydrogen-bond donors (Lipinski definition) is 3. The van der Waals surface area contributed by atoms with E-state index in [-0.39, 0.29) is 30.1 Å². The number of nitrogens with zero attached hydrogens (tertiary/aromatic N) is 1. The molecular weight excluding hydrogens is 385 g/mol. The van der Waals surface area contributed by atoms with E-state index in [1.54, 1.807) is 7.11 Å². The summed E-state index contributed by atoms with van der Waals surface area (Å²) in [6.45, 7) is 5.35. The molecule has 0 heterocycles. The molecule has 0 aromatic heterocycles. The second-order valence-corrected chi connectivity index (χ2v) is 5.02. The van der Waals surface area contributed by atoms with Crippen LogP contribution in [0.15, 0.2) is 4.99 Å². The summed E-state index contributed by atoms with van der Waals surface area (Å²) in [4.78, 5) is 4.49. The van der Waals surface area contributed by atoms with Crippen molar-refractivity contribution in [3.8, 4) is 0 Å². The summed E-state index contributed by atoms with van der Waals surface area (Å²) in [5, 5.41) is 16.2. The second kappa shape index (κ2) is 13.5. The highest BCUT2D eigenvalue weighted by molar-refractivity contribution is 14.0. The average molecular weight is 415 g/mol. The highest BCUT2D eigenvalue weighted by Gasteiger charge is 2.19. The molecule has 1 rings (SSSR count). The normalized spacial score (nSPS) is 22.5. The summed E-state index contributed by atoms with van der Waals surface area (Å²) in [5.74, 6) is 0.837. The van der Waals surface area contributed by atoms with Gasteiger partial charge in [0.25, 0.3) is 0 Å². The maximum Gasteiger partial charge on any atom is 0.191 e. The number of aliphatic hydroxyl groups is 1. The first kappa shape index (κ1) is 20.9. The molecule has 6 nitrogen and oxygen atoms in total. The van der Waals surface area contributed by atoms with Crippen molar-refractivity contribution in [3.05, 3.63) is 0 Å². The average Bonchev–Trinajstić information content (AvgIpc) is 2.45. The van der Waals surface area contributed by atoms with E-state index in [0.717, 1.165) is 38.2 Å². The number of aliphatic hydroxyl groups excluding tert-OH is 1. The van der Waals surface area contributed by atoms with Crippen molar-refractivity contribution in [1.29, 1.82) is 0 Å². The van der Waals surface area contributed by atoms with Gasteiger partial charge in [0, 0.05) is 19.7 Å². The van der Waals surface area contributed by atoms with Crippen molar-refractivity contribution >= 4 is 29.9 Å². The van der Waals surface area contributed by atoms with E-state index in [0.29, 0.717) is 32.4 Å². The Labute approximate surface area is 145 Å². The van der Waals surface area contributed by atoms with Gasteiger partial charge in [0.1, 0.15) is 0 Å². The van der Waals surface area contributed by atoms with Gasteiger partial charge >= 0.3 is 0 Å². The predicted molar refractivity (Wildman–Crippen MR) is 95.5 cm³/mol. The lowest BCUT2D eigenvalue weighted by Gasteiger charge is -2.27. The fourth-order valence-corrected chi connectivity index (χ4v) is 2.20. The second-order valence-electron chi connectivity index (χ2n) is 5.02. The maximum atomic E-state index is 9.51. The lowest BCUT2D eigenvalue weighted by molar-refractivity contribution is 0.0748. The molecule has 0 amide bonds. The topological polar surface area (TPSA) is 75.1 Å². The Balaban J connectivity index is 0.00000400. The van der Waals surface area contributed by atoms with Gasteiger partial charge in [0.2, 0.25) is 0 Å². The third-order valence-corrected chi connectivity index (χ3v) is 3.32. The Morgan fingerprint density at radius 1 is 1.19 bits per heavy atom. The minimum Gasteiger partial charge on any atom is -0.393 e. The molecule has 21 heavy (non-hydrogen) atoms. The molecule has 1 fully saturated rings. The number of nitrogens with one attached hydrogen (secondary N) is 2. The van der Waals surface area contributed by atoms with Gasteiger partial charge in [-0.25, -0.2) is 0 Å². The first-order chi connectivity index (χ1) is 9.76. The quantitative estimate of drug-likeness (QED) is 0.240. The molecule has 1 aliphatic carbocycles. The molecule has 0 aromatic rings. The summed E-state index contributed by atoms with van der Waals surface area (Å²) in [6.07, 6.45) is 3.61. The summed E-state index contributed by atoms with van der Waals surface area (Å²) in [7, 11) is 1.66. The van der Waals surface area contributed by atoms with Crippen molar-refractivity contribution in [1.82, 2.24) is 10.6 Å². The Morgan fingerprint density at radius 2 is 1.90 bits per heavy atom. The molecule has 1 saturated carbocycles. The Hall–Kier alpha value is -0.120. The van der Waals surface area contributed by atoms with Gasteiger partial charge in [0.15, 0.2) is 5.96 Å². The lowest BCUT2D eigenvalue weighted by Crippen LogP contribution is -2.45. The standard InChI is InChI=1S/C14H29N3O3.HI/c1-3-15-14(16-8-9-20-11-10-19-2)17-12-4-6-13(18)7-5-12;/h12-13,18H,3-11H2,1-2H3,(H2,15,16,17);1H. The predicted octanol–water partition coefficient (Wildman–Crippen LogP) is 1.13. The SMILES string of the molecule is CCNC(=NCCOCCOC)NC1CCC(O)CC1.I.